The van der Waals surface area contributed by atoms with Gasteiger partial charge in [-0.3, -0.25) is 9.59 Å². The molecule has 7 atom stereocenters. The van der Waals surface area contributed by atoms with Crippen LogP contribution < -0.4 is 5.32 Å². The van der Waals surface area contributed by atoms with E-state index >= 15 is 0 Å². The minimum absolute atomic E-state index is 0.0318. The van der Waals surface area contributed by atoms with Gasteiger partial charge in [0, 0.05) is 29.4 Å². The Morgan fingerprint density at radius 1 is 1.22 bits per heavy atom. The molecular weight excluding hydrogens is 479 g/mol. The van der Waals surface area contributed by atoms with Crippen molar-refractivity contribution in [3.05, 3.63) is 40.9 Å². The van der Waals surface area contributed by atoms with Gasteiger partial charge in [0.1, 0.15) is 5.82 Å². The van der Waals surface area contributed by atoms with Crippen LogP contribution in [0.15, 0.2) is 30.1 Å². The van der Waals surface area contributed by atoms with Gasteiger partial charge in [0.05, 0.1) is 17.6 Å². The first-order chi connectivity index (χ1) is 17.1. The Morgan fingerprint density at radius 3 is 2.83 bits per heavy atom. The molecule has 3 aliphatic carbocycles. The van der Waals surface area contributed by atoms with Gasteiger partial charge in [-0.25, -0.2) is 9.37 Å². The normalized spacial score (nSPS) is 37.8. The third kappa shape index (κ3) is 3.45. The molecule has 1 aromatic heterocycles. The van der Waals surface area contributed by atoms with E-state index in [4.69, 9.17) is 11.6 Å². The van der Waals surface area contributed by atoms with E-state index in [2.05, 4.69) is 29.1 Å². The number of halogens is 2. The van der Waals surface area contributed by atoms with Crippen molar-refractivity contribution in [3.8, 4) is 0 Å². The maximum atomic E-state index is 14.6. The molecular formula is C28H34ClFN4O2. The number of carbonyl (C=O) groups is 2. The van der Waals surface area contributed by atoms with E-state index < -0.39 is 11.7 Å². The van der Waals surface area contributed by atoms with E-state index in [9.17, 15) is 14.0 Å². The predicted octanol–water partition coefficient (Wildman–Crippen LogP) is 5.39. The number of hydrogen-bond acceptors (Lipinski definition) is 3. The molecule has 0 bridgehead atoms. The summed E-state index contributed by atoms with van der Waals surface area (Å²) in [5.74, 6) is 0.927. The number of benzene rings is 1. The molecule has 2 N–H and O–H groups in total. The van der Waals surface area contributed by atoms with Crippen molar-refractivity contribution in [2.24, 2.45) is 34.5 Å². The fraction of sp³-hybridized carbons (Fsp3) is 0.607. The number of likely N-dealkylation sites (N-methyl/N-ethyl adjacent to an activating group) is 1. The fourth-order valence-electron chi connectivity index (χ4n) is 8.67. The number of hydrogen-bond donors (Lipinski definition) is 2. The maximum Gasteiger partial charge on any atom is 0.282 e. The zero-order chi connectivity index (χ0) is 25.4. The number of aromatic nitrogens is 2. The van der Waals surface area contributed by atoms with Crippen molar-refractivity contribution in [3.63, 3.8) is 0 Å². The Kier molecular flexibility index (Phi) is 5.52. The molecule has 4 aliphatic rings. The summed E-state index contributed by atoms with van der Waals surface area (Å²) in [6.07, 6.45) is 7.39. The van der Waals surface area contributed by atoms with Gasteiger partial charge in [0.25, 0.3) is 5.91 Å². The topological polar surface area (TPSA) is 78.1 Å². The number of rotatable bonds is 3. The van der Waals surface area contributed by atoms with Crippen LogP contribution in [0.3, 0.4) is 0 Å². The van der Waals surface area contributed by atoms with Gasteiger partial charge in [0.15, 0.2) is 5.83 Å². The molecule has 6 nitrogen and oxygen atoms in total. The molecule has 3 fully saturated rings. The number of fused-ring (bicyclic) bond motifs is 6. The van der Waals surface area contributed by atoms with Crippen LogP contribution in [0.1, 0.15) is 58.2 Å². The molecule has 2 heterocycles. The lowest BCUT2D eigenvalue weighted by Crippen LogP contribution is -2.60. The number of nitrogens with one attached hydrogen (secondary N) is 2. The van der Waals surface area contributed by atoms with Gasteiger partial charge < -0.3 is 15.2 Å². The van der Waals surface area contributed by atoms with E-state index in [1.807, 2.05) is 18.2 Å². The summed E-state index contributed by atoms with van der Waals surface area (Å²) in [5.41, 5.74) is 1.29. The number of H-pyrrole nitrogens is 1. The van der Waals surface area contributed by atoms with Crippen LogP contribution in [0.4, 0.5) is 4.39 Å². The highest BCUT2D eigenvalue weighted by Crippen LogP contribution is 2.65. The minimum Gasteiger partial charge on any atom is -0.349 e. The summed E-state index contributed by atoms with van der Waals surface area (Å²) in [6, 6.07) is 5.57. The van der Waals surface area contributed by atoms with Gasteiger partial charge in [0.2, 0.25) is 5.91 Å². The second-order valence-electron chi connectivity index (χ2n) is 12.0. The predicted molar refractivity (Wildman–Crippen MR) is 137 cm³/mol. The molecule has 0 unspecified atom stereocenters. The molecule has 1 aromatic carbocycles. The zero-order valence-corrected chi connectivity index (χ0v) is 21.9. The largest absolute Gasteiger partial charge is 0.349 e. The third-order valence-corrected chi connectivity index (χ3v) is 10.6. The average Bonchev–Trinajstić information content (AvgIpc) is 3.40. The minimum atomic E-state index is -0.609. The lowest BCUT2D eigenvalue weighted by molar-refractivity contribution is -0.145. The van der Waals surface area contributed by atoms with Crippen molar-refractivity contribution >= 4 is 34.4 Å². The lowest BCUT2D eigenvalue weighted by atomic mass is 9.47. The summed E-state index contributed by atoms with van der Waals surface area (Å²) in [7, 11) is 1.75. The Hall–Kier alpha value is -2.41. The number of nitrogens with zero attached hydrogens (tertiary/aromatic N) is 2. The van der Waals surface area contributed by atoms with E-state index in [-0.39, 0.29) is 28.7 Å². The summed E-state index contributed by atoms with van der Waals surface area (Å²) in [6.45, 7) is 4.81. The Balaban J connectivity index is 1.18. The van der Waals surface area contributed by atoms with Crippen LogP contribution in [0.2, 0.25) is 5.02 Å². The van der Waals surface area contributed by atoms with Crippen LogP contribution in [0.5, 0.6) is 0 Å². The summed E-state index contributed by atoms with van der Waals surface area (Å²) >= 11 is 6.08. The van der Waals surface area contributed by atoms with Crippen LogP contribution in [-0.2, 0) is 16.1 Å². The maximum absolute atomic E-state index is 14.6. The number of imidazole rings is 1. The van der Waals surface area contributed by atoms with Crippen molar-refractivity contribution in [2.45, 2.75) is 65.0 Å². The smallest absolute Gasteiger partial charge is 0.282 e. The highest BCUT2D eigenvalue weighted by molar-refractivity contribution is 6.31. The second kappa shape index (κ2) is 8.30. The molecule has 0 radical (unpaired) electrons. The van der Waals surface area contributed by atoms with E-state index in [1.165, 1.54) is 0 Å². The molecule has 192 valence electrons. The zero-order valence-electron chi connectivity index (χ0n) is 21.1. The molecule has 6 rings (SSSR count). The first-order valence-electron chi connectivity index (χ1n) is 13.2. The average molecular weight is 513 g/mol. The van der Waals surface area contributed by atoms with Crippen molar-refractivity contribution < 1.29 is 14.0 Å². The van der Waals surface area contributed by atoms with Crippen LogP contribution in [0, 0.1) is 34.5 Å². The quantitative estimate of drug-likeness (QED) is 0.579. The fourth-order valence-corrected chi connectivity index (χ4v) is 8.84. The van der Waals surface area contributed by atoms with Crippen LogP contribution in [-0.4, -0.2) is 39.8 Å². The molecule has 3 saturated carbocycles. The third-order valence-electron chi connectivity index (χ3n) is 10.4. The van der Waals surface area contributed by atoms with Gasteiger partial charge >= 0.3 is 0 Å². The van der Waals surface area contributed by atoms with Gasteiger partial charge in [-0.15, -0.1) is 0 Å². The molecule has 2 amide bonds. The second-order valence-corrected chi connectivity index (χ2v) is 12.4. The van der Waals surface area contributed by atoms with E-state index in [0.717, 1.165) is 55.4 Å². The highest BCUT2D eigenvalue weighted by atomic mass is 35.5. The monoisotopic (exact) mass is 512 g/mol. The Bertz CT molecular complexity index is 1280. The molecule has 8 heteroatoms. The van der Waals surface area contributed by atoms with Crippen molar-refractivity contribution in [2.75, 3.05) is 7.05 Å². The first-order valence-corrected chi connectivity index (χ1v) is 13.6. The van der Waals surface area contributed by atoms with Crippen LogP contribution in [0.25, 0.3) is 11.0 Å². The number of amides is 2. The van der Waals surface area contributed by atoms with Gasteiger partial charge in [-0.2, -0.15) is 0 Å². The van der Waals surface area contributed by atoms with Crippen molar-refractivity contribution in [1.29, 1.82) is 0 Å². The van der Waals surface area contributed by atoms with Crippen molar-refractivity contribution in [1.82, 2.24) is 20.2 Å². The highest BCUT2D eigenvalue weighted by Gasteiger charge is 2.62. The molecule has 0 spiro atoms. The number of carbonyl (C=O) groups excluding carboxylic acids is 2. The van der Waals surface area contributed by atoms with Gasteiger partial charge in [-0.05, 0) is 86.0 Å². The molecule has 1 aliphatic heterocycles. The van der Waals surface area contributed by atoms with Crippen LogP contribution >= 0.6 is 11.6 Å². The lowest BCUT2D eigenvalue weighted by Gasteiger charge is -2.60. The standard InChI is InChI=1S/C28H34ClFN4O2/c1-27-11-10-18-16(5-9-23-28(18,2)13-20(30)26(36)34(23)3)17(27)6-7-19(27)25(35)31-14-24-32-21-8-4-15(29)12-22(21)33-24/h4,8,12-13,16-19,23H,5-7,9-11,14H2,1-3H3,(H,31,35)(H,32,33)/t16-,17-,18-,19+,23+,27-,28+/m0/s1. The molecule has 0 saturated heterocycles. The molecule has 36 heavy (non-hydrogen) atoms. The van der Waals surface area contributed by atoms with E-state index in [0.29, 0.717) is 29.3 Å². The Labute approximate surface area is 216 Å². The van der Waals surface area contributed by atoms with E-state index in [1.54, 1.807) is 18.0 Å². The molecule has 2 aromatic rings. The van der Waals surface area contributed by atoms with Gasteiger partial charge in [-0.1, -0.05) is 25.4 Å². The first kappa shape index (κ1) is 24.0. The summed E-state index contributed by atoms with van der Waals surface area (Å²) in [4.78, 5) is 35.2. The summed E-state index contributed by atoms with van der Waals surface area (Å²) < 4.78 is 14.6. The number of aromatic amines is 1. The Morgan fingerprint density at radius 2 is 2.03 bits per heavy atom. The SMILES string of the molecule is CN1C(=O)C(F)=C[C@]2(C)[C@H]3CC[C@]4(C)[C@@H](C(=O)NCc5nc6ccc(Cl)cc6[nH]5)CC[C@H]4[C@@H]3CC[C@@H]12. The summed E-state index contributed by atoms with van der Waals surface area (Å²) in [5, 5.41) is 3.80.